The van der Waals surface area contributed by atoms with Gasteiger partial charge in [0.15, 0.2) is 5.78 Å². The summed E-state index contributed by atoms with van der Waals surface area (Å²) in [6.45, 7) is 6.72. The van der Waals surface area contributed by atoms with Gasteiger partial charge in [0, 0.05) is 6.42 Å². The third-order valence-electron chi connectivity index (χ3n) is 9.03. The summed E-state index contributed by atoms with van der Waals surface area (Å²) in [4.78, 5) is 23.5. The van der Waals surface area contributed by atoms with Crippen LogP contribution in [0.2, 0.25) is 0 Å². The molecule has 0 unspecified atom stereocenters. The molecule has 0 saturated heterocycles. The van der Waals surface area contributed by atoms with E-state index in [0.717, 1.165) is 31.6 Å². The second kappa shape index (κ2) is 7.40. The zero-order valence-electron chi connectivity index (χ0n) is 15.9. The van der Waals surface area contributed by atoms with E-state index in [4.69, 9.17) is 0 Å². The number of aliphatic carboxylic acids is 1. The van der Waals surface area contributed by atoms with Crippen LogP contribution >= 0.6 is 0 Å². The third-order valence-corrected chi connectivity index (χ3v) is 9.03. The van der Waals surface area contributed by atoms with Gasteiger partial charge in [-0.1, -0.05) is 26.3 Å². The van der Waals surface area contributed by atoms with Crippen LogP contribution in [0.15, 0.2) is 11.6 Å². The van der Waals surface area contributed by atoms with E-state index in [-0.39, 0.29) is 68.1 Å². The summed E-state index contributed by atoms with van der Waals surface area (Å²) in [5, 5.41) is 9.56. The van der Waals surface area contributed by atoms with Crippen molar-refractivity contribution in [2.45, 2.75) is 72.1 Å². The second-order valence-electron chi connectivity index (χ2n) is 9.82. The number of hydrogen-bond acceptors (Lipinski definition) is 2. The number of hydrogen-bond donors (Lipinski definition) is 1. The first kappa shape index (κ1) is 21.2. The average Bonchev–Trinajstić information content (AvgIpc) is 2.92. The fourth-order valence-corrected chi connectivity index (χ4v) is 7.59. The molecule has 0 bridgehead atoms. The molecule has 4 heteroatoms. The van der Waals surface area contributed by atoms with E-state index in [2.05, 4.69) is 13.8 Å². The zero-order valence-corrected chi connectivity index (χ0v) is 15.9. The standard InChI is InChI=1S/C22H32O3.K.H/c1-13(20(24)25)17-6-7-18-16-5-4-14-12-15(23)8-10-21(14,2)19(16)9-11-22(17,18)3;;/h12-13,16-19H,4-11H2,1-3H3,(H,24,25);;/t13-,16-,17+,18-,19-,21-,22+;;/m0../s1. The van der Waals surface area contributed by atoms with Crippen molar-refractivity contribution in [2.75, 3.05) is 0 Å². The Morgan fingerprint density at radius 2 is 1.85 bits per heavy atom. The molecule has 4 aliphatic carbocycles. The third kappa shape index (κ3) is 3.06. The van der Waals surface area contributed by atoms with Gasteiger partial charge in [0.05, 0.1) is 5.92 Å². The van der Waals surface area contributed by atoms with Crippen molar-refractivity contribution in [3.05, 3.63) is 11.6 Å². The predicted octanol–water partition coefficient (Wildman–Crippen LogP) is 4.21. The van der Waals surface area contributed by atoms with Gasteiger partial charge in [0.1, 0.15) is 0 Å². The molecule has 0 aromatic rings. The van der Waals surface area contributed by atoms with Crippen LogP contribution in [-0.2, 0) is 9.59 Å². The molecule has 4 aliphatic rings. The first-order chi connectivity index (χ1) is 11.8. The van der Waals surface area contributed by atoms with E-state index in [1.54, 1.807) is 0 Å². The van der Waals surface area contributed by atoms with Gasteiger partial charge in [-0.3, -0.25) is 9.59 Å². The van der Waals surface area contributed by atoms with Gasteiger partial charge in [-0.25, -0.2) is 0 Å². The van der Waals surface area contributed by atoms with E-state index in [1.807, 2.05) is 13.0 Å². The van der Waals surface area contributed by atoms with Gasteiger partial charge in [-0.05, 0) is 85.5 Å². The molecule has 140 valence electrons. The molecule has 0 aromatic heterocycles. The van der Waals surface area contributed by atoms with Crippen LogP contribution < -0.4 is 0 Å². The van der Waals surface area contributed by atoms with E-state index in [0.29, 0.717) is 30.0 Å². The number of carbonyl (C=O) groups excluding carboxylic acids is 1. The molecule has 3 fully saturated rings. The van der Waals surface area contributed by atoms with E-state index in [9.17, 15) is 14.7 Å². The van der Waals surface area contributed by atoms with Crippen LogP contribution in [0.25, 0.3) is 0 Å². The predicted molar refractivity (Wildman–Crippen MR) is 104 cm³/mol. The average molecular weight is 385 g/mol. The number of carboxylic acids is 1. The van der Waals surface area contributed by atoms with Crippen LogP contribution in [0, 0.1) is 40.4 Å². The van der Waals surface area contributed by atoms with Gasteiger partial charge in [0.2, 0.25) is 0 Å². The van der Waals surface area contributed by atoms with Crippen LogP contribution in [0.4, 0.5) is 0 Å². The Labute approximate surface area is 200 Å². The molecule has 26 heavy (non-hydrogen) atoms. The molecule has 0 aromatic carbocycles. The molecule has 0 amide bonds. The number of carboxylic acid groups (broad SMARTS) is 1. The molecular weight excluding hydrogens is 351 g/mol. The van der Waals surface area contributed by atoms with E-state index < -0.39 is 5.97 Å². The van der Waals surface area contributed by atoms with Crippen molar-refractivity contribution in [2.24, 2.45) is 40.4 Å². The van der Waals surface area contributed by atoms with Crippen LogP contribution in [0.5, 0.6) is 0 Å². The number of ketones is 1. The number of allylic oxidation sites excluding steroid dienone is 1. The van der Waals surface area contributed by atoms with Gasteiger partial charge < -0.3 is 5.11 Å². The number of rotatable bonds is 2. The molecule has 3 saturated carbocycles. The quantitative estimate of drug-likeness (QED) is 0.726. The summed E-state index contributed by atoms with van der Waals surface area (Å²) in [5.41, 5.74) is 1.83. The van der Waals surface area contributed by atoms with Crippen molar-refractivity contribution < 1.29 is 14.7 Å². The van der Waals surface area contributed by atoms with Gasteiger partial charge >= 0.3 is 57.4 Å². The molecule has 0 heterocycles. The summed E-state index contributed by atoms with van der Waals surface area (Å²) in [6.07, 6.45) is 10.6. The monoisotopic (exact) mass is 384 g/mol. The molecule has 1 N–H and O–H groups in total. The summed E-state index contributed by atoms with van der Waals surface area (Å²) >= 11 is 0. The topological polar surface area (TPSA) is 54.4 Å². The maximum atomic E-state index is 11.9. The fraction of sp³-hybridized carbons (Fsp3) is 0.818. The van der Waals surface area contributed by atoms with Crippen molar-refractivity contribution in [3.8, 4) is 0 Å². The Hall–Kier alpha value is 0.516. The Bertz CT molecular complexity index is 641. The normalized spacial score (nSPS) is 45.5. The van der Waals surface area contributed by atoms with Crippen LogP contribution in [-0.4, -0.2) is 68.2 Å². The van der Waals surface area contributed by atoms with Crippen molar-refractivity contribution >= 4 is 63.1 Å². The summed E-state index contributed by atoms with van der Waals surface area (Å²) in [5.74, 6) is 1.89. The maximum absolute atomic E-state index is 11.9. The first-order valence-corrected chi connectivity index (χ1v) is 10.2. The Morgan fingerprint density at radius 1 is 1.12 bits per heavy atom. The van der Waals surface area contributed by atoms with Crippen LogP contribution in [0.3, 0.4) is 0 Å². The Balaban J connectivity index is 0.00000196. The van der Waals surface area contributed by atoms with Crippen molar-refractivity contribution in [3.63, 3.8) is 0 Å². The molecular formula is C22H33KO3. The summed E-state index contributed by atoms with van der Waals surface area (Å²) in [6, 6.07) is 0. The van der Waals surface area contributed by atoms with E-state index >= 15 is 0 Å². The minimum atomic E-state index is -0.624. The first-order valence-electron chi connectivity index (χ1n) is 10.2. The van der Waals surface area contributed by atoms with Gasteiger partial charge in [0.25, 0.3) is 0 Å². The zero-order chi connectivity index (χ0) is 18.0. The molecule has 0 radical (unpaired) electrons. The SMILES string of the molecule is C[C@H](C(=O)O)[C@H]1CC[C@H]2[C@@H]3CCC4=CC(=O)CC[C@]4(C)[C@H]3CC[C@]12C.[KH]. The molecule has 0 spiro atoms. The Morgan fingerprint density at radius 3 is 2.54 bits per heavy atom. The molecule has 7 atom stereocenters. The number of carbonyl (C=O) groups is 2. The molecule has 0 aliphatic heterocycles. The minimum absolute atomic E-state index is 0. The van der Waals surface area contributed by atoms with E-state index in [1.165, 1.54) is 24.8 Å². The molecule has 4 rings (SSSR count). The van der Waals surface area contributed by atoms with Gasteiger partial charge in [-0.15, -0.1) is 0 Å². The fourth-order valence-electron chi connectivity index (χ4n) is 7.59. The van der Waals surface area contributed by atoms with Gasteiger partial charge in [-0.2, -0.15) is 0 Å². The summed E-state index contributed by atoms with van der Waals surface area (Å²) in [7, 11) is 0. The summed E-state index contributed by atoms with van der Waals surface area (Å²) < 4.78 is 0. The van der Waals surface area contributed by atoms with Crippen LogP contribution in [0.1, 0.15) is 72.1 Å². The molecule has 3 nitrogen and oxygen atoms in total. The van der Waals surface area contributed by atoms with Crippen molar-refractivity contribution in [1.82, 2.24) is 0 Å². The van der Waals surface area contributed by atoms with Crippen molar-refractivity contribution in [1.29, 1.82) is 0 Å². The number of fused-ring (bicyclic) bond motifs is 5. The Kier molecular flexibility index (Phi) is 6.04. The second-order valence-corrected chi connectivity index (χ2v) is 9.82.